The van der Waals surface area contributed by atoms with Crippen LogP contribution >= 0.6 is 0 Å². The number of benzene rings is 2. The molecule has 2 N–H and O–H groups in total. The van der Waals surface area contributed by atoms with Gasteiger partial charge in [-0.05, 0) is 97.8 Å². The lowest BCUT2D eigenvalue weighted by Crippen LogP contribution is -2.33. The first-order valence-corrected chi connectivity index (χ1v) is 14.0. The molecule has 1 fully saturated rings. The summed E-state index contributed by atoms with van der Waals surface area (Å²) < 4.78 is 0. The number of aryl methyl sites for hydroxylation is 1. The third kappa shape index (κ3) is 4.03. The van der Waals surface area contributed by atoms with Crippen LogP contribution in [0.3, 0.4) is 0 Å². The van der Waals surface area contributed by atoms with Gasteiger partial charge in [0.1, 0.15) is 5.65 Å². The number of aromatic nitrogens is 2. The van der Waals surface area contributed by atoms with Crippen LogP contribution in [0.2, 0.25) is 0 Å². The highest BCUT2D eigenvalue weighted by Crippen LogP contribution is 2.41. The number of nitrogens with one attached hydrogen (secondary N) is 2. The first-order chi connectivity index (χ1) is 18.6. The fourth-order valence-electron chi connectivity index (χ4n) is 6.96. The SMILES string of the molecule is CN[C@H]1CCN(C(=O)c2ccc(-c3c[nH]c4ncc(-c5cc6c7c(c5)CN(C)CC7CCC6)cc34)cc2)C1. The van der Waals surface area contributed by atoms with Gasteiger partial charge in [0, 0.05) is 66.7 Å². The number of rotatable bonds is 4. The molecule has 6 heteroatoms. The van der Waals surface area contributed by atoms with Crippen molar-refractivity contribution in [3.8, 4) is 22.3 Å². The summed E-state index contributed by atoms with van der Waals surface area (Å²) in [6, 6.07) is 15.5. The maximum atomic E-state index is 13.0. The van der Waals surface area contributed by atoms with Gasteiger partial charge >= 0.3 is 0 Å². The van der Waals surface area contributed by atoms with Crippen molar-refractivity contribution in [3.05, 3.63) is 77.1 Å². The Morgan fingerprint density at radius 2 is 1.87 bits per heavy atom. The topological polar surface area (TPSA) is 64.3 Å². The number of carbonyl (C=O) groups excluding carboxylic acids is 1. The zero-order chi connectivity index (χ0) is 25.8. The second-order valence-electron chi connectivity index (χ2n) is 11.4. The highest BCUT2D eigenvalue weighted by Gasteiger charge is 2.29. The summed E-state index contributed by atoms with van der Waals surface area (Å²) in [5.41, 5.74) is 10.9. The summed E-state index contributed by atoms with van der Waals surface area (Å²) >= 11 is 0. The van der Waals surface area contributed by atoms with Crippen molar-refractivity contribution in [3.63, 3.8) is 0 Å². The van der Waals surface area contributed by atoms with Crippen LogP contribution < -0.4 is 5.32 Å². The van der Waals surface area contributed by atoms with Crippen LogP contribution in [-0.4, -0.2) is 65.4 Å². The minimum Gasteiger partial charge on any atom is -0.346 e. The fraction of sp³-hybridized carbons (Fsp3) is 0.375. The number of likely N-dealkylation sites (tertiary alicyclic amines) is 1. The number of aromatic amines is 1. The molecule has 2 aromatic carbocycles. The lowest BCUT2D eigenvalue weighted by atomic mass is 9.76. The van der Waals surface area contributed by atoms with Gasteiger partial charge in [-0.2, -0.15) is 0 Å². The van der Waals surface area contributed by atoms with E-state index in [0.717, 1.165) is 59.3 Å². The molecule has 4 heterocycles. The Bertz CT molecular complexity index is 1520. The first kappa shape index (κ1) is 23.6. The van der Waals surface area contributed by atoms with Gasteiger partial charge in [0.15, 0.2) is 0 Å². The second kappa shape index (κ2) is 9.37. The molecular formula is C32H35N5O. The quantitative estimate of drug-likeness (QED) is 0.400. The summed E-state index contributed by atoms with van der Waals surface area (Å²) in [7, 11) is 4.21. The molecule has 1 saturated heterocycles. The van der Waals surface area contributed by atoms with E-state index in [4.69, 9.17) is 4.98 Å². The maximum Gasteiger partial charge on any atom is 0.253 e. The van der Waals surface area contributed by atoms with Crippen LogP contribution in [0.1, 0.15) is 52.2 Å². The number of carbonyl (C=O) groups is 1. The molecule has 0 radical (unpaired) electrons. The molecule has 7 rings (SSSR count). The summed E-state index contributed by atoms with van der Waals surface area (Å²) in [5.74, 6) is 0.796. The summed E-state index contributed by atoms with van der Waals surface area (Å²) in [4.78, 5) is 25.6. The third-order valence-electron chi connectivity index (χ3n) is 8.92. The van der Waals surface area contributed by atoms with Crippen LogP contribution in [0, 0.1) is 0 Å². The molecule has 2 aromatic heterocycles. The van der Waals surface area contributed by atoms with Crippen molar-refractivity contribution in [1.82, 2.24) is 25.1 Å². The predicted octanol–water partition coefficient (Wildman–Crippen LogP) is 5.20. The Morgan fingerprint density at radius 3 is 2.68 bits per heavy atom. The van der Waals surface area contributed by atoms with Crippen LogP contribution in [0.15, 0.2) is 54.9 Å². The van der Waals surface area contributed by atoms with Gasteiger partial charge in [0.25, 0.3) is 5.91 Å². The van der Waals surface area contributed by atoms with Gasteiger partial charge in [-0.25, -0.2) is 4.98 Å². The molecule has 0 bridgehead atoms. The molecule has 38 heavy (non-hydrogen) atoms. The number of hydrogen-bond acceptors (Lipinski definition) is 4. The van der Waals surface area contributed by atoms with E-state index in [-0.39, 0.29) is 5.91 Å². The minimum atomic E-state index is 0.112. The largest absolute Gasteiger partial charge is 0.346 e. The van der Waals surface area contributed by atoms with E-state index in [0.29, 0.717) is 12.0 Å². The number of amides is 1. The third-order valence-corrected chi connectivity index (χ3v) is 8.92. The monoisotopic (exact) mass is 505 g/mol. The normalized spacial score (nSPS) is 21.2. The minimum absolute atomic E-state index is 0.112. The van der Waals surface area contributed by atoms with E-state index in [1.54, 1.807) is 5.56 Å². The van der Waals surface area contributed by atoms with E-state index < -0.39 is 0 Å². The number of pyridine rings is 1. The highest BCUT2D eigenvalue weighted by atomic mass is 16.2. The number of nitrogens with zero attached hydrogens (tertiary/aromatic N) is 3. The zero-order valence-corrected chi connectivity index (χ0v) is 22.3. The van der Waals surface area contributed by atoms with Gasteiger partial charge in [-0.1, -0.05) is 18.2 Å². The predicted molar refractivity (Wildman–Crippen MR) is 152 cm³/mol. The lowest BCUT2D eigenvalue weighted by molar-refractivity contribution is 0.0789. The van der Waals surface area contributed by atoms with Crippen molar-refractivity contribution in [1.29, 1.82) is 0 Å². The van der Waals surface area contributed by atoms with E-state index in [2.05, 4.69) is 52.6 Å². The maximum absolute atomic E-state index is 13.0. The Hall–Kier alpha value is -3.48. The molecule has 1 amide bonds. The fourth-order valence-corrected chi connectivity index (χ4v) is 6.96. The Labute approximate surface area is 224 Å². The number of likely N-dealkylation sites (N-methyl/N-ethyl adjacent to an activating group) is 2. The molecule has 194 valence electrons. The second-order valence-corrected chi connectivity index (χ2v) is 11.4. The van der Waals surface area contributed by atoms with Crippen LogP contribution in [0.5, 0.6) is 0 Å². The van der Waals surface area contributed by atoms with Crippen molar-refractivity contribution in [2.45, 2.75) is 44.2 Å². The molecule has 0 spiro atoms. The van der Waals surface area contributed by atoms with Gasteiger partial charge in [-0.15, -0.1) is 0 Å². The molecular weight excluding hydrogens is 470 g/mol. The molecule has 1 unspecified atom stereocenters. The molecule has 4 aromatic rings. The Balaban J connectivity index is 1.21. The Morgan fingerprint density at radius 1 is 1.03 bits per heavy atom. The van der Waals surface area contributed by atoms with E-state index in [1.165, 1.54) is 42.5 Å². The molecule has 1 aliphatic carbocycles. The highest BCUT2D eigenvalue weighted by molar-refractivity contribution is 5.98. The Kier molecular flexibility index (Phi) is 5.82. The first-order valence-electron chi connectivity index (χ1n) is 14.0. The van der Waals surface area contributed by atoms with Gasteiger partial charge in [0.2, 0.25) is 0 Å². The van der Waals surface area contributed by atoms with Crippen LogP contribution in [0.4, 0.5) is 0 Å². The van der Waals surface area contributed by atoms with Gasteiger partial charge in [0.05, 0.1) is 0 Å². The van der Waals surface area contributed by atoms with Gasteiger partial charge < -0.3 is 20.1 Å². The van der Waals surface area contributed by atoms with Gasteiger partial charge in [-0.3, -0.25) is 4.79 Å². The smallest absolute Gasteiger partial charge is 0.253 e. The van der Waals surface area contributed by atoms with E-state index >= 15 is 0 Å². The van der Waals surface area contributed by atoms with Crippen LogP contribution in [0.25, 0.3) is 33.3 Å². The standard InChI is InChI=1S/C32H35N5O/c1-33-27-10-11-37(19-27)32(38)21-8-6-20(7-9-21)29-16-35-31-28(29)14-25(15-34-31)24-12-22-4-3-5-23-17-36(2)18-26(13-24)30(22)23/h6-9,12-16,23,27,33H,3-5,10-11,17-19H2,1-2H3,(H,34,35)/t23?,27-/m0/s1. The van der Waals surface area contributed by atoms with Crippen molar-refractivity contribution in [2.24, 2.45) is 0 Å². The number of hydrogen-bond donors (Lipinski definition) is 2. The average molecular weight is 506 g/mol. The van der Waals surface area contributed by atoms with Crippen LogP contribution in [-0.2, 0) is 13.0 Å². The summed E-state index contributed by atoms with van der Waals surface area (Å²) in [6.45, 7) is 3.79. The number of H-pyrrole nitrogens is 1. The van der Waals surface area contributed by atoms with Crippen molar-refractivity contribution >= 4 is 16.9 Å². The average Bonchev–Trinajstić information content (AvgIpc) is 3.60. The molecule has 3 aliphatic rings. The zero-order valence-electron chi connectivity index (χ0n) is 22.3. The summed E-state index contributed by atoms with van der Waals surface area (Å²) in [6.07, 6.45) is 8.81. The molecule has 6 nitrogen and oxygen atoms in total. The van der Waals surface area contributed by atoms with Crippen molar-refractivity contribution < 1.29 is 4.79 Å². The molecule has 2 atom stereocenters. The molecule has 2 aliphatic heterocycles. The summed E-state index contributed by atoms with van der Waals surface area (Å²) in [5, 5.41) is 4.39. The van der Waals surface area contributed by atoms with E-state index in [9.17, 15) is 4.79 Å². The molecule has 0 saturated carbocycles. The number of fused-ring (bicyclic) bond motifs is 1. The van der Waals surface area contributed by atoms with E-state index in [1.807, 2.05) is 36.5 Å². The lowest BCUT2D eigenvalue weighted by Gasteiger charge is -2.37. The van der Waals surface area contributed by atoms with Crippen molar-refractivity contribution in [2.75, 3.05) is 33.7 Å².